The minimum Gasteiger partial charge on any atom is -0.317 e. The van der Waals surface area contributed by atoms with Crippen LogP contribution in [0.25, 0.3) is 0 Å². The maximum absolute atomic E-state index is 4.61. The molecule has 1 heterocycles. The zero-order chi connectivity index (χ0) is 14.4. The molecule has 1 aromatic heterocycles. The van der Waals surface area contributed by atoms with Crippen LogP contribution in [0.2, 0.25) is 0 Å². The van der Waals surface area contributed by atoms with Crippen LogP contribution in [0.1, 0.15) is 28.8 Å². The average molecular weight is 288 g/mol. The molecule has 0 bridgehead atoms. The van der Waals surface area contributed by atoms with Gasteiger partial charge in [-0.05, 0) is 51.3 Å². The minimum atomic E-state index is 0.609. The summed E-state index contributed by atoms with van der Waals surface area (Å²) in [7, 11) is 0. The Labute approximate surface area is 126 Å². The maximum atomic E-state index is 4.61. The fourth-order valence-electron chi connectivity index (χ4n) is 2.54. The second kappa shape index (κ2) is 7.55. The number of aromatic nitrogens is 1. The van der Waals surface area contributed by atoms with Crippen molar-refractivity contribution in [2.24, 2.45) is 5.92 Å². The molecular formula is C17H24N2S. The molecule has 0 aliphatic heterocycles. The molecule has 1 N–H and O–H groups in total. The summed E-state index contributed by atoms with van der Waals surface area (Å²) >= 11 is 1.75. The van der Waals surface area contributed by atoms with Gasteiger partial charge in [0.1, 0.15) is 0 Å². The van der Waals surface area contributed by atoms with E-state index in [1.54, 1.807) is 11.3 Å². The number of nitrogens with zero attached hydrogens (tertiary/aromatic N) is 1. The van der Waals surface area contributed by atoms with E-state index < -0.39 is 0 Å². The molecule has 20 heavy (non-hydrogen) atoms. The van der Waals surface area contributed by atoms with Gasteiger partial charge in [0.25, 0.3) is 0 Å². The van der Waals surface area contributed by atoms with Gasteiger partial charge in [-0.2, -0.15) is 0 Å². The normalized spacial score (nSPS) is 12.6. The summed E-state index contributed by atoms with van der Waals surface area (Å²) < 4.78 is 0. The molecular weight excluding hydrogens is 264 g/mol. The number of rotatable bonds is 7. The van der Waals surface area contributed by atoms with Gasteiger partial charge < -0.3 is 5.32 Å². The number of benzene rings is 1. The van der Waals surface area contributed by atoms with E-state index in [4.69, 9.17) is 0 Å². The number of hydrogen-bond donors (Lipinski definition) is 1. The Morgan fingerprint density at radius 2 is 2.10 bits per heavy atom. The van der Waals surface area contributed by atoms with Crippen molar-refractivity contribution in [1.29, 1.82) is 0 Å². The first-order valence-corrected chi connectivity index (χ1v) is 8.22. The van der Waals surface area contributed by atoms with Gasteiger partial charge in [-0.1, -0.05) is 36.8 Å². The van der Waals surface area contributed by atoms with Crippen molar-refractivity contribution in [3.05, 3.63) is 51.5 Å². The zero-order valence-corrected chi connectivity index (χ0v) is 13.5. The zero-order valence-electron chi connectivity index (χ0n) is 12.6. The number of aryl methyl sites for hydroxylation is 2. The largest absolute Gasteiger partial charge is 0.317 e. The fourth-order valence-corrected chi connectivity index (χ4v) is 3.16. The molecule has 0 radical (unpaired) electrons. The molecule has 0 aliphatic carbocycles. The van der Waals surface area contributed by atoms with E-state index in [9.17, 15) is 0 Å². The highest BCUT2D eigenvalue weighted by Crippen LogP contribution is 2.17. The first-order valence-electron chi connectivity index (χ1n) is 7.34. The quantitative estimate of drug-likeness (QED) is 0.839. The van der Waals surface area contributed by atoms with Gasteiger partial charge in [0, 0.05) is 5.38 Å². The lowest BCUT2D eigenvalue weighted by Crippen LogP contribution is -2.25. The topological polar surface area (TPSA) is 24.9 Å². The van der Waals surface area contributed by atoms with Crippen LogP contribution < -0.4 is 5.32 Å². The summed E-state index contributed by atoms with van der Waals surface area (Å²) in [5.74, 6) is 0.609. The molecule has 1 atom stereocenters. The highest BCUT2D eigenvalue weighted by atomic mass is 32.1. The summed E-state index contributed by atoms with van der Waals surface area (Å²) in [4.78, 5) is 4.61. The molecule has 0 amide bonds. The van der Waals surface area contributed by atoms with E-state index in [2.05, 4.69) is 60.7 Å². The summed E-state index contributed by atoms with van der Waals surface area (Å²) in [5, 5.41) is 6.85. The molecule has 0 saturated carbocycles. The van der Waals surface area contributed by atoms with Gasteiger partial charge in [0.15, 0.2) is 0 Å². The molecule has 2 nitrogen and oxygen atoms in total. The predicted octanol–water partition coefficient (Wildman–Crippen LogP) is 3.77. The lowest BCUT2D eigenvalue weighted by molar-refractivity contribution is 0.474. The van der Waals surface area contributed by atoms with Crippen molar-refractivity contribution < 1.29 is 0 Å². The molecule has 1 aromatic carbocycles. The fraction of sp³-hybridized carbons (Fsp3) is 0.471. The van der Waals surface area contributed by atoms with Crippen molar-refractivity contribution in [3.63, 3.8) is 0 Å². The van der Waals surface area contributed by atoms with E-state index >= 15 is 0 Å². The Balaban J connectivity index is 2.02. The molecule has 108 valence electrons. The van der Waals surface area contributed by atoms with Gasteiger partial charge in [-0.25, -0.2) is 4.98 Å². The van der Waals surface area contributed by atoms with Gasteiger partial charge >= 0.3 is 0 Å². The van der Waals surface area contributed by atoms with E-state index in [-0.39, 0.29) is 0 Å². The third-order valence-corrected chi connectivity index (χ3v) is 4.28. The van der Waals surface area contributed by atoms with Gasteiger partial charge in [-0.15, -0.1) is 11.3 Å². The van der Waals surface area contributed by atoms with Crippen LogP contribution in [-0.2, 0) is 12.8 Å². The molecule has 3 heteroatoms. The van der Waals surface area contributed by atoms with Crippen LogP contribution in [0.3, 0.4) is 0 Å². The van der Waals surface area contributed by atoms with Crippen LogP contribution in [-0.4, -0.2) is 18.1 Å². The lowest BCUT2D eigenvalue weighted by Gasteiger charge is -2.16. The first-order chi connectivity index (χ1) is 9.67. The Hall–Kier alpha value is -1.19. The minimum absolute atomic E-state index is 0.609. The van der Waals surface area contributed by atoms with Gasteiger partial charge in [0.05, 0.1) is 10.7 Å². The standard InChI is InChI=1S/C17H24N2S/c1-4-18-11-16(10-17-12-20-14(3)19-17)9-15-7-5-6-13(2)8-15/h5-8,12,16,18H,4,9-11H2,1-3H3. The molecule has 1 unspecified atom stereocenters. The Kier molecular flexibility index (Phi) is 5.74. The van der Waals surface area contributed by atoms with E-state index in [0.717, 1.165) is 30.9 Å². The summed E-state index contributed by atoms with van der Waals surface area (Å²) in [6, 6.07) is 8.85. The van der Waals surface area contributed by atoms with E-state index in [1.165, 1.54) is 16.8 Å². The number of nitrogens with one attached hydrogen (secondary N) is 1. The first kappa shape index (κ1) is 15.2. The van der Waals surface area contributed by atoms with Crippen molar-refractivity contribution in [2.75, 3.05) is 13.1 Å². The van der Waals surface area contributed by atoms with Crippen molar-refractivity contribution in [2.45, 2.75) is 33.6 Å². The van der Waals surface area contributed by atoms with Crippen molar-refractivity contribution in [3.8, 4) is 0 Å². The van der Waals surface area contributed by atoms with Crippen LogP contribution >= 0.6 is 11.3 Å². The SMILES string of the molecule is CCNCC(Cc1cccc(C)c1)Cc1csc(C)n1. The number of hydrogen-bond acceptors (Lipinski definition) is 3. The summed E-state index contributed by atoms with van der Waals surface area (Å²) in [6.45, 7) is 8.48. The Bertz CT molecular complexity index is 533. The second-order valence-electron chi connectivity index (χ2n) is 5.43. The van der Waals surface area contributed by atoms with Crippen molar-refractivity contribution in [1.82, 2.24) is 10.3 Å². The van der Waals surface area contributed by atoms with Gasteiger partial charge in [0.2, 0.25) is 0 Å². The highest BCUT2D eigenvalue weighted by molar-refractivity contribution is 7.09. The predicted molar refractivity (Wildman–Crippen MR) is 87.5 cm³/mol. The monoisotopic (exact) mass is 288 g/mol. The molecule has 2 aromatic rings. The van der Waals surface area contributed by atoms with E-state index in [0.29, 0.717) is 5.92 Å². The molecule has 0 fully saturated rings. The van der Waals surface area contributed by atoms with Crippen LogP contribution in [0.15, 0.2) is 29.6 Å². The van der Waals surface area contributed by atoms with Gasteiger partial charge in [-0.3, -0.25) is 0 Å². The highest BCUT2D eigenvalue weighted by Gasteiger charge is 2.12. The molecule has 0 saturated heterocycles. The van der Waals surface area contributed by atoms with Crippen LogP contribution in [0, 0.1) is 19.8 Å². The summed E-state index contributed by atoms with van der Waals surface area (Å²) in [5.41, 5.74) is 4.01. The Morgan fingerprint density at radius 3 is 2.75 bits per heavy atom. The average Bonchev–Trinajstić information content (AvgIpc) is 2.81. The van der Waals surface area contributed by atoms with Crippen LogP contribution in [0.5, 0.6) is 0 Å². The van der Waals surface area contributed by atoms with Crippen molar-refractivity contribution >= 4 is 11.3 Å². The third kappa shape index (κ3) is 4.73. The second-order valence-corrected chi connectivity index (χ2v) is 6.49. The van der Waals surface area contributed by atoms with E-state index in [1.807, 2.05) is 0 Å². The Morgan fingerprint density at radius 1 is 1.25 bits per heavy atom. The molecule has 0 aliphatic rings. The molecule has 2 rings (SSSR count). The van der Waals surface area contributed by atoms with Crippen LogP contribution in [0.4, 0.5) is 0 Å². The summed E-state index contributed by atoms with van der Waals surface area (Å²) in [6.07, 6.45) is 2.18. The third-order valence-electron chi connectivity index (χ3n) is 3.45. The molecule has 0 spiro atoms. The smallest absolute Gasteiger partial charge is 0.0897 e. The maximum Gasteiger partial charge on any atom is 0.0897 e. The lowest BCUT2D eigenvalue weighted by atomic mass is 9.94. The number of thiazole rings is 1.